The maximum Gasteiger partial charge on any atom is 0.306 e. The summed E-state index contributed by atoms with van der Waals surface area (Å²) in [5, 5.41) is 12.7. The van der Waals surface area contributed by atoms with Gasteiger partial charge in [-0.15, -0.1) is 23.1 Å². The first-order valence-electron chi connectivity index (χ1n) is 5.21. The Morgan fingerprint density at radius 3 is 3.06 bits per heavy atom. The van der Waals surface area contributed by atoms with Crippen LogP contribution >= 0.6 is 34.7 Å². The number of benzene rings is 1. The lowest BCUT2D eigenvalue weighted by Crippen LogP contribution is -2.00. The molecule has 2 rings (SSSR count). The van der Waals surface area contributed by atoms with Crippen LogP contribution < -0.4 is 0 Å². The van der Waals surface area contributed by atoms with Crippen molar-refractivity contribution in [3.05, 3.63) is 22.5 Å². The van der Waals surface area contributed by atoms with Crippen molar-refractivity contribution in [2.24, 2.45) is 0 Å². The molecule has 2 aromatic rings. The molecule has 1 aromatic carbocycles. The standard InChI is InChI=1S/C12H11ClO3S2/c1-16-11(15)2-3-17-7-4-8-10(14)6-18-12(8)9(13)5-7/h4-6,14H,2-3H2,1H3. The highest BCUT2D eigenvalue weighted by Gasteiger charge is 2.09. The van der Waals surface area contributed by atoms with Gasteiger partial charge in [-0.3, -0.25) is 4.79 Å². The number of carbonyl (C=O) groups excluding carboxylic acids is 1. The lowest BCUT2D eigenvalue weighted by molar-refractivity contribution is -0.140. The third kappa shape index (κ3) is 2.91. The zero-order valence-electron chi connectivity index (χ0n) is 9.60. The topological polar surface area (TPSA) is 46.5 Å². The Morgan fingerprint density at radius 2 is 2.33 bits per heavy atom. The predicted octanol–water partition coefficient (Wildman–Crippen LogP) is 3.92. The molecule has 0 aliphatic rings. The summed E-state index contributed by atoms with van der Waals surface area (Å²) in [6.07, 6.45) is 0.354. The monoisotopic (exact) mass is 302 g/mol. The van der Waals surface area contributed by atoms with Crippen LogP contribution in [0.1, 0.15) is 6.42 Å². The molecule has 0 amide bonds. The fourth-order valence-electron chi connectivity index (χ4n) is 1.49. The molecule has 0 aliphatic carbocycles. The van der Waals surface area contributed by atoms with Gasteiger partial charge in [0.1, 0.15) is 5.75 Å². The smallest absolute Gasteiger partial charge is 0.306 e. The highest BCUT2D eigenvalue weighted by molar-refractivity contribution is 7.99. The van der Waals surface area contributed by atoms with E-state index in [9.17, 15) is 9.90 Å². The van der Waals surface area contributed by atoms with Gasteiger partial charge in [0.05, 0.1) is 23.3 Å². The minimum absolute atomic E-state index is 0.229. The Morgan fingerprint density at radius 1 is 1.56 bits per heavy atom. The minimum atomic E-state index is -0.229. The molecule has 0 fully saturated rings. The van der Waals surface area contributed by atoms with E-state index in [4.69, 9.17) is 11.6 Å². The molecule has 0 saturated heterocycles. The first-order chi connectivity index (χ1) is 8.61. The van der Waals surface area contributed by atoms with Gasteiger partial charge in [-0.05, 0) is 12.1 Å². The molecular weight excluding hydrogens is 292 g/mol. The second-order valence-corrected chi connectivity index (χ2v) is 6.03. The van der Waals surface area contributed by atoms with Crippen LogP contribution in [0, 0.1) is 0 Å². The molecule has 1 heterocycles. The van der Waals surface area contributed by atoms with Gasteiger partial charge < -0.3 is 9.84 Å². The Kier molecular flexibility index (Phi) is 4.37. The predicted molar refractivity (Wildman–Crippen MR) is 75.9 cm³/mol. The number of hydrogen-bond acceptors (Lipinski definition) is 5. The van der Waals surface area contributed by atoms with E-state index < -0.39 is 0 Å². The summed E-state index contributed by atoms with van der Waals surface area (Å²) in [7, 11) is 1.37. The largest absolute Gasteiger partial charge is 0.506 e. The third-order valence-corrected chi connectivity index (χ3v) is 4.79. The summed E-state index contributed by atoms with van der Waals surface area (Å²) < 4.78 is 5.45. The Balaban J connectivity index is 2.14. The molecule has 0 radical (unpaired) electrons. The molecule has 6 heteroatoms. The summed E-state index contributed by atoms with van der Waals surface area (Å²) in [6.45, 7) is 0. The fraction of sp³-hybridized carbons (Fsp3) is 0.250. The molecule has 0 saturated carbocycles. The minimum Gasteiger partial charge on any atom is -0.506 e. The van der Waals surface area contributed by atoms with Crippen LogP contribution in [0.25, 0.3) is 10.1 Å². The Bertz CT molecular complexity index is 580. The number of esters is 1. The lowest BCUT2D eigenvalue weighted by Gasteiger charge is -2.03. The summed E-state index contributed by atoms with van der Waals surface area (Å²) in [4.78, 5) is 11.9. The number of hydrogen-bond donors (Lipinski definition) is 1. The first kappa shape index (κ1) is 13.5. The molecular formula is C12H11ClO3S2. The first-order valence-corrected chi connectivity index (χ1v) is 7.45. The molecule has 1 N–H and O–H groups in total. The van der Waals surface area contributed by atoms with Crippen molar-refractivity contribution in [2.45, 2.75) is 11.3 Å². The maximum absolute atomic E-state index is 11.0. The summed E-state index contributed by atoms with van der Waals surface area (Å²) in [5.41, 5.74) is 0. The average Bonchev–Trinajstić information content (AvgIpc) is 2.72. The van der Waals surface area contributed by atoms with Gasteiger partial charge in [0.2, 0.25) is 0 Å². The van der Waals surface area contributed by atoms with E-state index >= 15 is 0 Å². The fourth-order valence-corrected chi connectivity index (χ4v) is 3.64. The lowest BCUT2D eigenvalue weighted by atomic mass is 10.2. The van der Waals surface area contributed by atoms with Crippen LogP contribution in [0.2, 0.25) is 5.02 Å². The third-order valence-electron chi connectivity index (χ3n) is 2.38. The number of aromatic hydroxyl groups is 1. The van der Waals surface area contributed by atoms with Crippen molar-refractivity contribution in [3.8, 4) is 5.75 Å². The second kappa shape index (κ2) is 5.82. The van der Waals surface area contributed by atoms with Gasteiger partial charge in [-0.25, -0.2) is 0 Å². The van der Waals surface area contributed by atoms with Crippen LogP contribution in [0.15, 0.2) is 22.4 Å². The highest BCUT2D eigenvalue weighted by Crippen LogP contribution is 2.39. The number of thiophene rings is 1. The van der Waals surface area contributed by atoms with Gasteiger partial charge in [0.15, 0.2) is 0 Å². The number of rotatable bonds is 4. The number of carbonyl (C=O) groups is 1. The quantitative estimate of drug-likeness (QED) is 0.687. The molecule has 18 heavy (non-hydrogen) atoms. The normalized spacial score (nSPS) is 10.8. The van der Waals surface area contributed by atoms with Crippen molar-refractivity contribution in [2.75, 3.05) is 12.9 Å². The van der Waals surface area contributed by atoms with Crippen molar-refractivity contribution < 1.29 is 14.6 Å². The second-order valence-electron chi connectivity index (χ2n) is 3.58. The Labute approximate surface area is 118 Å². The summed E-state index contributed by atoms with van der Waals surface area (Å²) >= 11 is 9.07. The highest BCUT2D eigenvalue weighted by atomic mass is 35.5. The van der Waals surface area contributed by atoms with Crippen LogP contribution in [-0.2, 0) is 9.53 Å². The Hall–Kier alpha value is -0.910. The van der Waals surface area contributed by atoms with Crippen molar-refractivity contribution in [3.63, 3.8) is 0 Å². The average molecular weight is 303 g/mol. The molecule has 3 nitrogen and oxygen atoms in total. The van der Waals surface area contributed by atoms with E-state index in [0.717, 1.165) is 15.0 Å². The molecule has 0 atom stereocenters. The number of ether oxygens (including phenoxy) is 1. The summed E-state index contributed by atoms with van der Waals surface area (Å²) in [5.74, 6) is 0.639. The molecule has 0 spiro atoms. The number of halogens is 1. The van der Waals surface area contributed by atoms with E-state index in [0.29, 0.717) is 17.2 Å². The van der Waals surface area contributed by atoms with Crippen molar-refractivity contribution in [1.82, 2.24) is 0 Å². The molecule has 0 aliphatic heterocycles. The van der Waals surface area contributed by atoms with Crippen LogP contribution in [0.3, 0.4) is 0 Å². The van der Waals surface area contributed by atoms with E-state index in [1.54, 1.807) is 5.38 Å². The van der Waals surface area contributed by atoms with Crippen LogP contribution in [0.4, 0.5) is 0 Å². The van der Waals surface area contributed by atoms with E-state index in [1.807, 2.05) is 12.1 Å². The van der Waals surface area contributed by atoms with Crippen molar-refractivity contribution >= 4 is 50.8 Å². The van der Waals surface area contributed by atoms with E-state index in [1.165, 1.54) is 30.2 Å². The molecule has 0 unspecified atom stereocenters. The SMILES string of the molecule is COC(=O)CCSc1cc(Cl)c2scc(O)c2c1. The molecule has 1 aromatic heterocycles. The van der Waals surface area contributed by atoms with Crippen LogP contribution in [0.5, 0.6) is 5.75 Å². The molecule has 0 bridgehead atoms. The van der Waals surface area contributed by atoms with Gasteiger partial charge in [-0.1, -0.05) is 11.6 Å². The van der Waals surface area contributed by atoms with E-state index in [2.05, 4.69) is 4.74 Å². The zero-order valence-corrected chi connectivity index (χ0v) is 12.0. The number of thioether (sulfide) groups is 1. The van der Waals surface area contributed by atoms with Gasteiger partial charge in [0.25, 0.3) is 0 Å². The number of methoxy groups -OCH3 is 1. The molecule has 96 valence electrons. The zero-order chi connectivity index (χ0) is 13.1. The van der Waals surface area contributed by atoms with Crippen molar-refractivity contribution in [1.29, 1.82) is 0 Å². The van der Waals surface area contributed by atoms with Gasteiger partial charge >= 0.3 is 5.97 Å². The van der Waals surface area contributed by atoms with Crippen LogP contribution in [-0.4, -0.2) is 23.9 Å². The summed E-state index contributed by atoms with van der Waals surface area (Å²) in [6, 6.07) is 3.73. The van der Waals surface area contributed by atoms with Gasteiger partial charge in [-0.2, -0.15) is 0 Å². The number of fused-ring (bicyclic) bond motifs is 1. The maximum atomic E-state index is 11.0. The van der Waals surface area contributed by atoms with E-state index in [-0.39, 0.29) is 11.7 Å². The van der Waals surface area contributed by atoms with Gasteiger partial charge in [0, 0.05) is 21.4 Å².